The fourth-order valence-electron chi connectivity index (χ4n) is 2.61. The van der Waals surface area contributed by atoms with E-state index in [0.717, 1.165) is 21.4 Å². The Hall–Kier alpha value is -3.03. The molecular formula is C15H15N4O4-. The number of aromatic nitrogens is 1. The van der Waals surface area contributed by atoms with Gasteiger partial charge in [0.1, 0.15) is 0 Å². The highest BCUT2D eigenvalue weighted by molar-refractivity contribution is 5.96. The van der Waals surface area contributed by atoms with Gasteiger partial charge in [0.05, 0.1) is 12.0 Å². The van der Waals surface area contributed by atoms with Crippen molar-refractivity contribution in [3.63, 3.8) is 0 Å². The molecule has 4 amide bonds. The van der Waals surface area contributed by atoms with E-state index in [1.807, 2.05) is 24.3 Å². The van der Waals surface area contributed by atoms with Gasteiger partial charge in [-0.3, -0.25) is 0 Å². The minimum Gasteiger partial charge on any atom is -0.548 e. The number of hydrogen-bond acceptors (Lipinski definition) is 4. The molecule has 0 bridgehead atoms. The van der Waals surface area contributed by atoms with Crippen LogP contribution < -0.4 is 15.7 Å². The van der Waals surface area contributed by atoms with Crippen LogP contribution in [0.4, 0.5) is 9.59 Å². The minimum absolute atomic E-state index is 0.0630. The number of H-pyrrole nitrogens is 1. The van der Waals surface area contributed by atoms with Crippen molar-refractivity contribution in [2.75, 3.05) is 13.1 Å². The van der Waals surface area contributed by atoms with Gasteiger partial charge in [-0.1, -0.05) is 18.2 Å². The van der Waals surface area contributed by atoms with E-state index in [1.54, 1.807) is 6.20 Å². The second-order valence-corrected chi connectivity index (χ2v) is 5.27. The lowest BCUT2D eigenvalue weighted by Crippen LogP contribution is -2.53. The van der Waals surface area contributed by atoms with Gasteiger partial charge in [-0.05, 0) is 11.6 Å². The number of carbonyl (C=O) groups is 3. The highest BCUT2D eigenvalue weighted by Crippen LogP contribution is 2.19. The molecule has 0 saturated carbocycles. The molecule has 1 aliphatic rings. The predicted molar refractivity (Wildman–Crippen MR) is 79.4 cm³/mol. The van der Waals surface area contributed by atoms with Crippen LogP contribution >= 0.6 is 0 Å². The van der Waals surface area contributed by atoms with Gasteiger partial charge in [-0.2, -0.15) is 0 Å². The molecule has 8 nitrogen and oxygen atoms in total. The predicted octanol–water partition coefficient (Wildman–Crippen LogP) is -0.436. The molecule has 0 spiro atoms. The number of imide groups is 1. The zero-order chi connectivity index (χ0) is 16.4. The minimum atomic E-state index is -1.40. The second-order valence-electron chi connectivity index (χ2n) is 5.27. The van der Waals surface area contributed by atoms with Crippen molar-refractivity contribution in [3.8, 4) is 0 Å². The first-order valence-corrected chi connectivity index (χ1v) is 7.18. The Balaban J connectivity index is 1.75. The van der Waals surface area contributed by atoms with Gasteiger partial charge in [-0.15, -0.1) is 0 Å². The van der Waals surface area contributed by atoms with E-state index in [-0.39, 0.29) is 13.0 Å². The molecule has 2 heterocycles. The Morgan fingerprint density at radius 1 is 1.35 bits per heavy atom. The number of carboxylic acid groups (broad SMARTS) is 1. The zero-order valence-electron chi connectivity index (χ0n) is 12.2. The molecule has 1 aliphatic heterocycles. The van der Waals surface area contributed by atoms with Gasteiger partial charge < -0.3 is 25.5 Å². The Bertz CT molecular complexity index is 770. The third-order valence-electron chi connectivity index (χ3n) is 3.78. The molecule has 0 radical (unpaired) electrons. The van der Waals surface area contributed by atoms with Gasteiger partial charge in [0.15, 0.2) is 0 Å². The summed E-state index contributed by atoms with van der Waals surface area (Å²) in [6, 6.07) is 4.95. The number of urea groups is 2. The van der Waals surface area contributed by atoms with Crippen LogP contribution in [-0.2, 0) is 11.2 Å². The maximum atomic E-state index is 12.0. The molecule has 1 saturated heterocycles. The number of benzene rings is 1. The topological polar surface area (TPSA) is 117 Å². The highest BCUT2D eigenvalue weighted by Gasteiger charge is 2.28. The first kappa shape index (κ1) is 14.9. The fraction of sp³-hybridized carbons (Fsp3) is 0.267. The van der Waals surface area contributed by atoms with Gasteiger partial charge in [0.2, 0.25) is 0 Å². The van der Waals surface area contributed by atoms with Crippen LogP contribution in [0.5, 0.6) is 0 Å². The maximum Gasteiger partial charge on any atom is 0.326 e. The standard InChI is InChI=1S/C15H16N4O4/c20-13(21)12(18-15(23)19-6-5-16-14(19)22)7-9-8-17-11-4-2-1-3-10(9)11/h1-4,8,12,17H,5-7H2,(H,16,22)(H,18,23)(H,20,21)/p-1/t12-/m1/s1. The van der Waals surface area contributed by atoms with Crippen molar-refractivity contribution >= 4 is 28.9 Å². The number of amides is 4. The summed E-state index contributed by atoms with van der Waals surface area (Å²) in [5.74, 6) is -1.40. The largest absolute Gasteiger partial charge is 0.548 e. The van der Waals surface area contributed by atoms with Crippen molar-refractivity contribution in [1.29, 1.82) is 0 Å². The summed E-state index contributed by atoms with van der Waals surface area (Å²) in [6.07, 6.45) is 1.77. The summed E-state index contributed by atoms with van der Waals surface area (Å²) in [5, 5.41) is 17.0. The molecule has 0 aliphatic carbocycles. The van der Waals surface area contributed by atoms with E-state index in [9.17, 15) is 19.5 Å². The normalized spacial score (nSPS) is 15.5. The highest BCUT2D eigenvalue weighted by atomic mass is 16.4. The summed E-state index contributed by atoms with van der Waals surface area (Å²) >= 11 is 0. The average molecular weight is 315 g/mol. The lowest BCUT2D eigenvalue weighted by Gasteiger charge is -2.22. The maximum absolute atomic E-state index is 12.0. The SMILES string of the molecule is O=C([O-])[C@@H](Cc1c[nH]c2ccccc12)NC(=O)N1CCNC1=O. The number of carbonyl (C=O) groups excluding carboxylic acids is 3. The number of fused-ring (bicyclic) bond motifs is 1. The zero-order valence-corrected chi connectivity index (χ0v) is 12.2. The molecule has 1 fully saturated rings. The van der Waals surface area contributed by atoms with Crippen LogP contribution in [0.2, 0.25) is 0 Å². The number of rotatable bonds is 4. The lowest BCUT2D eigenvalue weighted by molar-refractivity contribution is -0.308. The van der Waals surface area contributed by atoms with E-state index in [1.165, 1.54) is 0 Å². The van der Waals surface area contributed by atoms with E-state index < -0.39 is 24.1 Å². The summed E-state index contributed by atoms with van der Waals surface area (Å²) < 4.78 is 0. The molecule has 2 aromatic rings. The fourth-order valence-corrected chi connectivity index (χ4v) is 2.61. The van der Waals surface area contributed by atoms with Crippen molar-refractivity contribution in [2.45, 2.75) is 12.5 Å². The smallest absolute Gasteiger partial charge is 0.326 e. The van der Waals surface area contributed by atoms with Crippen LogP contribution in [0.25, 0.3) is 10.9 Å². The van der Waals surface area contributed by atoms with E-state index in [0.29, 0.717) is 6.54 Å². The van der Waals surface area contributed by atoms with E-state index in [4.69, 9.17) is 0 Å². The summed E-state index contributed by atoms with van der Waals surface area (Å²) in [5.41, 5.74) is 1.63. The number of nitrogens with one attached hydrogen (secondary N) is 3. The number of aliphatic carboxylic acids is 1. The van der Waals surface area contributed by atoms with Crippen LogP contribution in [0.15, 0.2) is 30.5 Å². The number of carboxylic acids is 1. The van der Waals surface area contributed by atoms with E-state index >= 15 is 0 Å². The van der Waals surface area contributed by atoms with Gasteiger partial charge in [0, 0.05) is 36.6 Å². The molecular weight excluding hydrogens is 300 g/mol. The van der Waals surface area contributed by atoms with E-state index in [2.05, 4.69) is 15.6 Å². The van der Waals surface area contributed by atoms with Crippen LogP contribution in [0.3, 0.4) is 0 Å². The Kier molecular flexibility index (Phi) is 3.88. The molecule has 1 aromatic heterocycles. The third-order valence-corrected chi connectivity index (χ3v) is 3.78. The van der Waals surface area contributed by atoms with Crippen LogP contribution in [-0.4, -0.2) is 47.0 Å². The molecule has 23 heavy (non-hydrogen) atoms. The number of hydrogen-bond donors (Lipinski definition) is 3. The number of para-hydroxylation sites is 1. The molecule has 120 valence electrons. The van der Waals surface area contributed by atoms with Crippen molar-refractivity contribution in [1.82, 2.24) is 20.5 Å². The number of aromatic amines is 1. The third kappa shape index (κ3) is 2.96. The molecule has 1 aromatic carbocycles. The van der Waals surface area contributed by atoms with Crippen molar-refractivity contribution in [3.05, 3.63) is 36.0 Å². The molecule has 3 rings (SSSR count). The second kappa shape index (κ2) is 5.99. The van der Waals surface area contributed by atoms with Crippen molar-refractivity contribution < 1.29 is 19.5 Å². The van der Waals surface area contributed by atoms with Crippen LogP contribution in [0, 0.1) is 0 Å². The molecule has 0 unspecified atom stereocenters. The summed E-state index contributed by atoms with van der Waals surface area (Å²) in [7, 11) is 0. The van der Waals surface area contributed by atoms with Crippen molar-refractivity contribution in [2.24, 2.45) is 0 Å². The number of nitrogens with zero attached hydrogens (tertiary/aromatic N) is 1. The summed E-state index contributed by atoms with van der Waals surface area (Å²) in [6.45, 7) is 0.558. The Morgan fingerprint density at radius 3 is 2.83 bits per heavy atom. The monoisotopic (exact) mass is 315 g/mol. The quantitative estimate of drug-likeness (QED) is 0.709. The van der Waals surface area contributed by atoms with Gasteiger partial charge in [0.25, 0.3) is 0 Å². The van der Waals surface area contributed by atoms with Crippen LogP contribution in [0.1, 0.15) is 5.56 Å². The summed E-state index contributed by atoms with van der Waals surface area (Å²) in [4.78, 5) is 38.8. The average Bonchev–Trinajstić information content (AvgIpc) is 3.13. The first-order valence-electron chi connectivity index (χ1n) is 7.18. The lowest BCUT2D eigenvalue weighted by atomic mass is 10.1. The van der Waals surface area contributed by atoms with Gasteiger partial charge >= 0.3 is 12.1 Å². The molecule has 3 N–H and O–H groups in total. The van der Waals surface area contributed by atoms with Gasteiger partial charge in [-0.25, -0.2) is 14.5 Å². The first-order chi connectivity index (χ1) is 11.1. The molecule has 1 atom stereocenters. The Morgan fingerprint density at radius 2 is 2.13 bits per heavy atom. The Labute approximate surface area is 131 Å². The molecule has 8 heteroatoms.